The molecule has 2 aromatic rings. The highest BCUT2D eigenvalue weighted by Crippen LogP contribution is 2.28. The highest BCUT2D eigenvalue weighted by atomic mass is 32.2. The molecular weight excluding hydrogens is 464 g/mol. The molecule has 188 valence electrons. The zero-order valence-corrected chi connectivity index (χ0v) is 21.3. The number of nitrogens with one attached hydrogen (secondary N) is 1. The van der Waals surface area contributed by atoms with Crippen molar-refractivity contribution in [2.24, 2.45) is 0 Å². The van der Waals surface area contributed by atoms with Crippen molar-refractivity contribution in [1.82, 2.24) is 14.5 Å². The molecule has 1 N–H and O–H groups in total. The van der Waals surface area contributed by atoms with Crippen LogP contribution in [0.25, 0.3) is 0 Å². The number of benzene rings is 2. The Balaban J connectivity index is 1.53. The Hall–Kier alpha value is -2.91. The summed E-state index contributed by atoms with van der Waals surface area (Å²) in [6.45, 7) is 3.47. The van der Waals surface area contributed by atoms with Crippen LogP contribution in [0.1, 0.15) is 58.4 Å². The van der Waals surface area contributed by atoms with Gasteiger partial charge in [0.15, 0.2) is 0 Å². The lowest BCUT2D eigenvalue weighted by Crippen LogP contribution is -2.35. The monoisotopic (exact) mass is 498 g/mol. The second-order valence-electron chi connectivity index (χ2n) is 9.40. The Morgan fingerprint density at radius 3 is 2.29 bits per heavy atom. The topological polar surface area (TPSA) is 90.0 Å². The van der Waals surface area contributed by atoms with E-state index in [0.717, 1.165) is 73.8 Å². The van der Waals surface area contributed by atoms with Gasteiger partial charge in [-0.1, -0.05) is 12.1 Å². The molecule has 0 aromatic heterocycles. The minimum atomic E-state index is -3.67. The molecule has 0 saturated carbocycles. The minimum absolute atomic E-state index is 0.0239. The first-order valence-electron chi connectivity index (χ1n) is 12.3. The van der Waals surface area contributed by atoms with Gasteiger partial charge in [-0.05, 0) is 68.0 Å². The van der Waals surface area contributed by atoms with Crippen LogP contribution in [-0.4, -0.2) is 69.7 Å². The molecule has 9 heteroatoms. The summed E-state index contributed by atoms with van der Waals surface area (Å²) in [4.78, 5) is 30.3. The molecule has 2 aromatic carbocycles. The van der Waals surface area contributed by atoms with Gasteiger partial charge in [-0.15, -0.1) is 0 Å². The van der Waals surface area contributed by atoms with Crippen LogP contribution in [0.5, 0.6) is 0 Å². The van der Waals surface area contributed by atoms with Crippen molar-refractivity contribution >= 4 is 27.5 Å². The van der Waals surface area contributed by atoms with Gasteiger partial charge >= 0.3 is 0 Å². The van der Waals surface area contributed by atoms with Crippen LogP contribution in [0.15, 0.2) is 47.4 Å². The van der Waals surface area contributed by atoms with E-state index < -0.39 is 10.0 Å². The molecule has 0 atom stereocenters. The lowest BCUT2D eigenvalue weighted by atomic mass is 10.1. The van der Waals surface area contributed by atoms with E-state index in [1.165, 1.54) is 20.2 Å². The molecule has 2 amide bonds. The van der Waals surface area contributed by atoms with Crippen LogP contribution in [0, 0.1) is 0 Å². The van der Waals surface area contributed by atoms with Gasteiger partial charge in [-0.3, -0.25) is 9.59 Å². The van der Waals surface area contributed by atoms with Crippen molar-refractivity contribution in [2.45, 2.75) is 43.5 Å². The molecule has 2 heterocycles. The molecule has 8 nitrogen and oxygen atoms in total. The largest absolute Gasteiger partial charge is 0.371 e. The van der Waals surface area contributed by atoms with E-state index in [2.05, 4.69) is 10.2 Å². The number of hydrogen-bond acceptors (Lipinski definition) is 5. The maximum absolute atomic E-state index is 13.3. The second kappa shape index (κ2) is 10.8. The van der Waals surface area contributed by atoms with Gasteiger partial charge in [-0.2, -0.15) is 0 Å². The first-order valence-corrected chi connectivity index (χ1v) is 13.7. The maximum Gasteiger partial charge on any atom is 0.253 e. The molecule has 0 bridgehead atoms. The van der Waals surface area contributed by atoms with E-state index in [1.807, 2.05) is 29.2 Å². The number of amides is 2. The Labute approximate surface area is 207 Å². The third-order valence-corrected chi connectivity index (χ3v) is 8.52. The Morgan fingerprint density at radius 1 is 0.914 bits per heavy atom. The number of carbonyl (C=O) groups is 2. The van der Waals surface area contributed by atoms with Gasteiger partial charge < -0.3 is 15.1 Å². The minimum Gasteiger partial charge on any atom is -0.371 e. The smallest absolute Gasteiger partial charge is 0.253 e. The van der Waals surface area contributed by atoms with E-state index in [4.69, 9.17) is 0 Å². The third-order valence-electron chi connectivity index (χ3n) is 6.71. The number of likely N-dealkylation sites (tertiary alicyclic amines) is 1. The molecule has 2 aliphatic heterocycles. The van der Waals surface area contributed by atoms with E-state index in [-0.39, 0.29) is 23.3 Å². The summed E-state index contributed by atoms with van der Waals surface area (Å²) in [6.07, 6.45) is 5.30. The average molecular weight is 499 g/mol. The van der Waals surface area contributed by atoms with Gasteiger partial charge in [0, 0.05) is 58.1 Å². The van der Waals surface area contributed by atoms with Gasteiger partial charge in [0.05, 0.1) is 10.5 Å². The quantitative estimate of drug-likeness (QED) is 0.634. The number of carbonyl (C=O) groups excluding carboxylic acids is 2. The predicted octanol–water partition coefficient (Wildman–Crippen LogP) is 3.09. The van der Waals surface area contributed by atoms with Gasteiger partial charge in [0.2, 0.25) is 10.0 Å². The first-order chi connectivity index (χ1) is 16.8. The zero-order chi connectivity index (χ0) is 25.0. The van der Waals surface area contributed by atoms with Crippen LogP contribution in [0.3, 0.4) is 0 Å². The number of sulfonamides is 1. The van der Waals surface area contributed by atoms with Crippen molar-refractivity contribution in [3.63, 3.8) is 0 Å². The normalized spacial score (nSPS) is 16.5. The van der Waals surface area contributed by atoms with E-state index >= 15 is 0 Å². The maximum atomic E-state index is 13.3. The molecule has 2 aliphatic rings. The molecule has 4 rings (SSSR count). The Kier molecular flexibility index (Phi) is 7.76. The second-order valence-corrected chi connectivity index (χ2v) is 11.5. The summed E-state index contributed by atoms with van der Waals surface area (Å²) in [7, 11) is -0.726. The van der Waals surface area contributed by atoms with Gasteiger partial charge in [-0.25, -0.2) is 12.7 Å². The van der Waals surface area contributed by atoms with Crippen LogP contribution in [0.2, 0.25) is 0 Å². The highest BCUT2D eigenvalue weighted by Gasteiger charge is 2.25. The van der Waals surface area contributed by atoms with Crippen molar-refractivity contribution < 1.29 is 18.0 Å². The average Bonchev–Trinajstić information content (AvgIpc) is 3.42. The van der Waals surface area contributed by atoms with E-state index in [0.29, 0.717) is 11.1 Å². The zero-order valence-electron chi connectivity index (χ0n) is 20.5. The van der Waals surface area contributed by atoms with Crippen LogP contribution < -0.4 is 10.2 Å². The molecule has 2 saturated heterocycles. The molecule has 0 aliphatic carbocycles. The van der Waals surface area contributed by atoms with Crippen molar-refractivity contribution in [2.75, 3.05) is 45.2 Å². The van der Waals surface area contributed by atoms with Crippen LogP contribution >= 0.6 is 0 Å². The molecule has 0 radical (unpaired) electrons. The molecule has 35 heavy (non-hydrogen) atoms. The fourth-order valence-corrected chi connectivity index (χ4v) is 5.60. The van der Waals surface area contributed by atoms with Crippen molar-refractivity contribution in [3.05, 3.63) is 59.2 Å². The summed E-state index contributed by atoms with van der Waals surface area (Å²) in [5, 5.41) is 2.93. The summed E-state index contributed by atoms with van der Waals surface area (Å²) < 4.78 is 26.5. The summed E-state index contributed by atoms with van der Waals surface area (Å²) in [5.74, 6) is -0.314. The first kappa shape index (κ1) is 25.2. The van der Waals surface area contributed by atoms with E-state index in [1.54, 1.807) is 12.1 Å². The van der Waals surface area contributed by atoms with Crippen LogP contribution in [-0.2, 0) is 16.6 Å². The van der Waals surface area contributed by atoms with Gasteiger partial charge in [0.25, 0.3) is 11.8 Å². The Bertz CT molecular complexity index is 1180. The van der Waals surface area contributed by atoms with Crippen LogP contribution in [0.4, 0.5) is 5.69 Å². The highest BCUT2D eigenvalue weighted by molar-refractivity contribution is 7.89. The lowest BCUT2D eigenvalue weighted by Gasteiger charge is -2.26. The number of nitrogens with zero attached hydrogens (tertiary/aromatic N) is 3. The van der Waals surface area contributed by atoms with Gasteiger partial charge in [0.1, 0.15) is 0 Å². The summed E-state index contributed by atoms with van der Waals surface area (Å²) in [5.41, 5.74) is 2.53. The number of anilines is 1. The fraction of sp³-hybridized carbons (Fsp3) is 0.462. The fourth-order valence-electron chi connectivity index (χ4n) is 4.67. The number of piperidine rings is 1. The van der Waals surface area contributed by atoms with E-state index in [9.17, 15) is 18.0 Å². The molecule has 0 spiro atoms. The SMILES string of the molecule is CN(C)S(=O)(=O)c1ccc(N2CCCC2)c(C(=O)NCc2cccc(C(=O)N3CCCCC3)c2)c1. The molecular formula is C26H34N4O4S. The molecule has 0 unspecified atom stereocenters. The third kappa shape index (κ3) is 5.67. The number of hydrogen-bond donors (Lipinski definition) is 1. The molecule has 2 fully saturated rings. The lowest BCUT2D eigenvalue weighted by molar-refractivity contribution is 0.0724. The Morgan fingerprint density at radius 2 is 1.60 bits per heavy atom. The standard InChI is InChI=1S/C26H34N4O4S/c1-28(2)35(33,34)22-11-12-24(29-13-6-7-14-29)23(18-22)25(31)27-19-20-9-8-10-21(17-20)26(32)30-15-4-3-5-16-30/h8-12,17-18H,3-7,13-16,19H2,1-2H3,(H,27,31). The predicted molar refractivity (Wildman–Crippen MR) is 136 cm³/mol. The van der Waals surface area contributed by atoms with Crippen molar-refractivity contribution in [3.8, 4) is 0 Å². The van der Waals surface area contributed by atoms with Crippen molar-refractivity contribution in [1.29, 1.82) is 0 Å². The summed E-state index contributed by atoms with van der Waals surface area (Å²) >= 11 is 0. The number of rotatable bonds is 7. The summed E-state index contributed by atoms with van der Waals surface area (Å²) in [6, 6.07) is 12.1.